The van der Waals surface area contributed by atoms with Crippen molar-refractivity contribution in [2.24, 2.45) is 0 Å². The lowest BCUT2D eigenvalue weighted by Crippen LogP contribution is -2.14. The third kappa shape index (κ3) is 4.49. The van der Waals surface area contributed by atoms with Gasteiger partial charge in [-0.1, -0.05) is 47.5 Å². The van der Waals surface area contributed by atoms with E-state index in [0.717, 1.165) is 32.9 Å². The van der Waals surface area contributed by atoms with E-state index in [9.17, 15) is 18.0 Å². The Balaban J connectivity index is 1.66. The summed E-state index contributed by atoms with van der Waals surface area (Å²) in [5.74, 6) is -0.596. The summed E-state index contributed by atoms with van der Waals surface area (Å²) in [6, 6.07) is 14.5. The summed E-state index contributed by atoms with van der Waals surface area (Å²) < 4.78 is 26.2. The summed E-state index contributed by atoms with van der Waals surface area (Å²) in [6.45, 7) is 6.98. The average Bonchev–Trinajstić information content (AvgIpc) is 3.38. The predicted octanol–water partition coefficient (Wildman–Crippen LogP) is 6.69. The molecule has 5 nitrogen and oxygen atoms in total. The maximum atomic E-state index is 13.1. The Bertz CT molecular complexity index is 1490. The van der Waals surface area contributed by atoms with Gasteiger partial charge in [-0.2, -0.15) is 0 Å². The SMILES string of the molecule is CC(=O)c1c(NC(=O)c2scc(S(=O)(=O)c3ccc(C)cc3)c2C)csc1-c1ccc(C)cc1. The molecule has 4 aromatic rings. The highest BCUT2D eigenvalue weighted by molar-refractivity contribution is 7.91. The van der Waals surface area contributed by atoms with Crippen LogP contribution in [0.3, 0.4) is 0 Å². The van der Waals surface area contributed by atoms with Crippen LogP contribution >= 0.6 is 22.7 Å². The Kier molecular flexibility index (Phi) is 6.58. The zero-order valence-corrected chi connectivity index (χ0v) is 21.6. The molecule has 0 spiro atoms. The monoisotopic (exact) mass is 509 g/mol. The lowest BCUT2D eigenvalue weighted by atomic mass is 10.0. The molecule has 0 aliphatic heterocycles. The molecule has 0 atom stereocenters. The molecule has 1 N–H and O–H groups in total. The Morgan fingerprint density at radius 3 is 2.00 bits per heavy atom. The Hall–Kier alpha value is -3.07. The van der Waals surface area contributed by atoms with Crippen molar-refractivity contribution < 1.29 is 18.0 Å². The maximum Gasteiger partial charge on any atom is 0.266 e. The predicted molar refractivity (Wildman–Crippen MR) is 138 cm³/mol. The zero-order valence-electron chi connectivity index (χ0n) is 19.1. The van der Waals surface area contributed by atoms with Gasteiger partial charge in [0.2, 0.25) is 9.84 Å². The largest absolute Gasteiger partial charge is 0.320 e. The number of ketones is 1. The number of amides is 1. The summed E-state index contributed by atoms with van der Waals surface area (Å²) in [5, 5.41) is 6.07. The van der Waals surface area contributed by atoms with Crippen LogP contribution in [-0.4, -0.2) is 20.1 Å². The molecule has 34 heavy (non-hydrogen) atoms. The van der Waals surface area contributed by atoms with Crippen molar-refractivity contribution in [1.29, 1.82) is 0 Å². The van der Waals surface area contributed by atoms with E-state index in [1.807, 2.05) is 38.1 Å². The van der Waals surface area contributed by atoms with Crippen molar-refractivity contribution in [3.05, 3.63) is 86.4 Å². The van der Waals surface area contributed by atoms with E-state index < -0.39 is 15.7 Å². The van der Waals surface area contributed by atoms with E-state index in [4.69, 9.17) is 0 Å². The van der Waals surface area contributed by atoms with Gasteiger partial charge < -0.3 is 5.32 Å². The lowest BCUT2D eigenvalue weighted by molar-refractivity contribution is 0.101. The average molecular weight is 510 g/mol. The highest BCUT2D eigenvalue weighted by Crippen LogP contribution is 2.37. The van der Waals surface area contributed by atoms with Crippen molar-refractivity contribution in [3.63, 3.8) is 0 Å². The molecule has 0 fully saturated rings. The van der Waals surface area contributed by atoms with E-state index in [2.05, 4.69) is 5.32 Å². The van der Waals surface area contributed by atoms with E-state index in [1.165, 1.54) is 23.6 Å². The van der Waals surface area contributed by atoms with Crippen LogP contribution in [-0.2, 0) is 9.84 Å². The van der Waals surface area contributed by atoms with Crippen LogP contribution in [0.2, 0.25) is 0 Å². The van der Waals surface area contributed by atoms with E-state index >= 15 is 0 Å². The molecule has 0 unspecified atom stereocenters. The van der Waals surface area contributed by atoms with Crippen LogP contribution < -0.4 is 5.32 Å². The third-order valence-corrected chi connectivity index (χ3v) is 9.68. The molecule has 0 aliphatic carbocycles. The molecule has 2 aromatic carbocycles. The zero-order chi connectivity index (χ0) is 24.6. The molecule has 4 rings (SSSR count). The van der Waals surface area contributed by atoms with Crippen LogP contribution in [0.5, 0.6) is 0 Å². The fourth-order valence-electron chi connectivity index (χ4n) is 3.63. The van der Waals surface area contributed by atoms with E-state index in [1.54, 1.807) is 36.6 Å². The number of carbonyl (C=O) groups is 2. The first kappa shape index (κ1) is 24.1. The van der Waals surface area contributed by atoms with Crippen molar-refractivity contribution in [3.8, 4) is 10.4 Å². The quantitative estimate of drug-likeness (QED) is 0.294. The number of anilines is 1. The van der Waals surface area contributed by atoms with Crippen LogP contribution in [0.15, 0.2) is 69.1 Å². The third-order valence-electron chi connectivity index (χ3n) is 5.53. The van der Waals surface area contributed by atoms with Gasteiger partial charge in [0.25, 0.3) is 5.91 Å². The number of benzene rings is 2. The molecule has 1 amide bonds. The topological polar surface area (TPSA) is 80.3 Å². The Morgan fingerprint density at radius 2 is 1.41 bits per heavy atom. The van der Waals surface area contributed by atoms with Gasteiger partial charge in [0, 0.05) is 15.6 Å². The van der Waals surface area contributed by atoms with Gasteiger partial charge in [0.05, 0.1) is 25.9 Å². The van der Waals surface area contributed by atoms with Gasteiger partial charge >= 0.3 is 0 Å². The number of carbonyl (C=O) groups excluding carboxylic acids is 2. The number of hydrogen-bond donors (Lipinski definition) is 1. The van der Waals surface area contributed by atoms with Crippen molar-refractivity contribution in [2.75, 3.05) is 5.32 Å². The van der Waals surface area contributed by atoms with Crippen LogP contribution in [0.4, 0.5) is 5.69 Å². The summed E-state index contributed by atoms with van der Waals surface area (Å²) in [7, 11) is -3.75. The normalized spacial score (nSPS) is 11.4. The number of hydrogen-bond acceptors (Lipinski definition) is 6. The first-order chi connectivity index (χ1) is 16.1. The molecule has 0 saturated heterocycles. The Morgan fingerprint density at radius 1 is 0.824 bits per heavy atom. The number of sulfone groups is 1. The first-order valence-electron chi connectivity index (χ1n) is 10.5. The summed E-state index contributed by atoms with van der Waals surface area (Å²) >= 11 is 2.46. The van der Waals surface area contributed by atoms with Gasteiger partial charge in [0.1, 0.15) is 0 Å². The standard InChI is InChI=1S/C26H23NO4S3/c1-15-5-9-19(10-6-15)25-23(18(4)28)21(13-32-25)27-26(29)24-17(3)22(14-33-24)34(30,31)20-11-7-16(2)8-12-20/h5-14H,1-4H3,(H,27,29). The molecule has 0 bridgehead atoms. The highest BCUT2D eigenvalue weighted by Gasteiger charge is 2.26. The smallest absolute Gasteiger partial charge is 0.266 e. The van der Waals surface area contributed by atoms with Crippen LogP contribution in [0, 0.1) is 20.8 Å². The molecule has 8 heteroatoms. The molecular formula is C26H23NO4S3. The second kappa shape index (κ2) is 9.29. The molecule has 0 radical (unpaired) electrons. The minimum Gasteiger partial charge on any atom is -0.320 e. The van der Waals surface area contributed by atoms with Gasteiger partial charge in [-0.25, -0.2) is 8.42 Å². The highest BCUT2D eigenvalue weighted by atomic mass is 32.2. The van der Waals surface area contributed by atoms with Gasteiger partial charge in [-0.05, 0) is 51.0 Å². The van der Waals surface area contributed by atoms with Crippen LogP contribution in [0.25, 0.3) is 10.4 Å². The molecule has 2 heterocycles. The Labute approximate surface area is 207 Å². The van der Waals surface area contributed by atoms with Crippen molar-refractivity contribution in [2.45, 2.75) is 37.5 Å². The maximum absolute atomic E-state index is 13.1. The van der Waals surface area contributed by atoms with Crippen LogP contribution in [0.1, 0.15) is 43.6 Å². The number of aryl methyl sites for hydroxylation is 2. The van der Waals surface area contributed by atoms with Crippen molar-refractivity contribution in [1.82, 2.24) is 0 Å². The summed E-state index contributed by atoms with van der Waals surface area (Å²) in [5.41, 5.74) is 4.24. The number of thiophene rings is 2. The first-order valence-corrected chi connectivity index (χ1v) is 13.7. The summed E-state index contributed by atoms with van der Waals surface area (Å²) in [6.07, 6.45) is 0. The number of nitrogens with one attached hydrogen (secondary N) is 1. The second-order valence-electron chi connectivity index (χ2n) is 8.10. The fraction of sp³-hybridized carbons (Fsp3) is 0.154. The fourth-order valence-corrected chi connectivity index (χ4v) is 7.50. The van der Waals surface area contributed by atoms with E-state index in [-0.39, 0.29) is 15.6 Å². The molecular weight excluding hydrogens is 486 g/mol. The lowest BCUT2D eigenvalue weighted by Gasteiger charge is -2.08. The molecule has 0 aliphatic rings. The summed E-state index contributed by atoms with van der Waals surface area (Å²) in [4.78, 5) is 27.0. The number of rotatable bonds is 6. The minimum atomic E-state index is -3.75. The van der Waals surface area contributed by atoms with Crippen molar-refractivity contribution >= 4 is 49.9 Å². The van der Waals surface area contributed by atoms with Gasteiger partial charge in [0.15, 0.2) is 5.78 Å². The van der Waals surface area contributed by atoms with Gasteiger partial charge in [-0.3, -0.25) is 9.59 Å². The number of Topliss-reactive ketones (excluding diaryl/α,β-unsaturated/α-hetero) is 1. The molecule has 0 saturated carbocycles. The second-order valence-corrected chi connectivity index (χ2v) is 11.8. The van der Waals surface area contributed by atoms with E-state index in [0.29, 0.717) is 21.7 Å². The van der Waals surface area contributed by atoms with Gasteiger partial charge in [-0.15, -0.1) is 22.7 Å². The molecule has 2 aromatic heterocycles. The molecule has 174 valence electrons. The minimum absolute atomic E-state index is 0.115.